The molecular weight excluding hydrogens is 376 g/mol. The largest absolute Gasteiger partial charge is 0.360 e. The molecule has 2 aromatic rings. The SMILES string of the molecule is O=C(c1noc2c1CCCC2)N1CCCC1Cn1nc2c(cc1=O)CSCC2. The topological polar surface area (TPSA) is 81.2 Å². The van der Waals surface area contributed by atoms with E-state index in [9.17, 15) is 9.59 Å². The van der Waals surface area contributed by atoms with Crippen molar-refractivity contribution in [2.24, 2.45) is 0 Å². The first-order chi connectivity index (χ1) is 13.7. The Balaban J connectivity index is 1.38. The highest BCUT2D eigenvalue weighted by molar-refractivity contribution is 7.98. The summed E-state index contributed by atoms with van der Waals surface area (Å²) < 4.78 is 6.99. The predicted octanol–water partition coefficient (Wildman–Crippen LogP) is 2.20. The molecule has 5 rings (SSSR count). The first-order valence-corrected chi connectivity index (χ1v) is 11.3. The van der Waals surface area contributed by atoms with E-state index in [1.165, 1.54) is 0 Å². The molecule has 0 N–H and O–H groups in total. The first-order valence-electron chi connectivity index (χ1n) is 10.2. The molecule has 0 radical (unpaired) electrons. The van der Waals surface area contributed by atoms with Gasteiger partial charge in [0.25, 0.3) is 11.5 Å². The summed E-state index contributed by atoms with van der Waals surface area (Å²) in [5.74, 6) is 2.72. The van der Waals surface area contributed by atoms with Crippen LogP contribution in [0.5, 0.6) is 0 Å². The molecule has 7 nitrogen and oxygen atoms in total. The third kappa shape index (κ3) is 3.17. The van der Waals surface area contributed by atoms with Crippen molar-refractivity contribution < 1.29 is 9.32 Å². The number of fused-ring (bicyclic) bond motifs is 2. The van der Waals surface area contributed by atoms with E-state index in [1.54, 1.807) is 10.7 Å². The molecule has 1 unspecified atom stereocenters. The highest BCUT2D eigenvalue weighted by atomic mass is 32.2. The van der Waals surface area contributed by atoms with Gasteiger partial charge >= 0.3 is 0 Å². The molecule has 0 aromatic carbocycles. The van der Waals surface area contributed by atoms with E-state index in [2.05, 4.69) is 10.3 Å². The van der Waals surface area contributed by atoms with Crippen LogP contribution in [-0.4, -0.2) is 44.1 Å². The Morgan fingerprint density at radius 3 is 3.07 bits per heavy atom. The summed E-state index contributed by atoms with van der Waals surface area (Å²) in [5, 5.41) is 8.73. The van der Waals surface area contributed by atoms with Crippen molar-refractivity contribution in [1.29, 1.82) is 0 Å². The van der Waals surface area contributed by atoms with Crippen LogP contribution in [0.25, 0.3) is 0 Å². The van der Waals surface area contributed by atoms with Gasteiger partial charge in [-0.1, -0.05) is 5.16 Å². The Kier molecular flexibility index (Phi) is 4.74. The average molecular weight is 401 g/mol. The number of amides is 1. The fraction of sp³-hybridized carbons (Fsp3) is 0.600. The highest BCUT2D eigenvalue weighted by Crippen LogP contribution is 2.28. The lowest BCUT2D eigenvalue weighted by atomic mass is 9.96. The minimum Gasteiger partial charge on any atom is -0.360 e. The van der Waals surface area contributed by atoms with E-state index in [0.717, 1.165) is 79.0 Å². The number of likely N-dealkylation sites (tertiary alicyclic amines) is 1. The monoisotopic (exact) mass is 400 g/mol. The van der Waals surface area contributed by atoms with Gasteiger partial charge in [-0.25, -0.2) is 4.68 Å². The molecule has 1 atom stereocenters. The van der Waals surface area contributed by atoms with E-state index in [0.29, 0.717) is 18.8 Å². The number of hydrogen-bond donors (Lipinski definition) is 0. The van der Waals surface area contributed by atoms with Crippen molar-refractivity contribution in [2.75, 3.05) is 12.3 Å². The maximum atomic E-state index is 13.2. The summed E-state index contributed by atoms with van der Waals surface area (Å²) in [5.41, 5.74) is 3.48. The molecule has 1 aliphatic carbocycles. The lowest BCUT2D eigenvalue weighted by molar-refractivity contribution is 0.0708. The summed E-state index contributed by atoms with van der Waals surface area (Å²) in [4.78, 5) is 27.6. The van der Waals surface area contributed by atoms with Gasteiger partial charge in [-0.15, -0.1) is 0 Å². The fourth-order valence-corrected chi connectivity index (χ4v) is 5.52. The van der Waals surface area contributed by atoms with E-state index in [4.69, 9.17) is 4.52 Å². The minimum absolute atomic E-state index is 0.0235. The van der Waals surface area contributed by atoms with Gasteiger partial charge < -0.3 is 9.42 Å². The average Bonchev–Trinajstić information content (AvgIpc) is 3.35. The zero-order chi connectivity index (χ0) is 19.1. The summed E-state index contributed by atoms with van der Waals surface area (Å²) in [7, 11) is 0. The molecule has 0 spiro atoms. The lowest BCUT2D eigenvalue weighted by Crippen LogP contribution is -2.41. The molecule has 2 aliphatic heterocycles. The number of carbonyl (C=O) groups excluding carboxylic acids is 1. The number of aryl methyl sites for hydroxylation is 2. The van der Waals surface area contributed by atoms with Crippen LogP contribution >= 0.6 is 11.8 Å². The third-order valence-corrected chi connectivity index (χ3v) is 7.09. The lowest BCUT2D eigenvalue weighted by Gasteiger charge is -2.25. The van der Waals surface area contributed by atoms with Crippen LogP contribution in [0.2, 0.25) is 0 Å². The number of thioether (sulfide) groups is 1. The summed E-state index contributed by atoms with van der Waals surface area (Å²) >= 11 is 1.84. The summed E-state index contributed by atoms with van der Waals surface area (Å²) in [6.45, 7) is 1.15. The van der Waals surface area contributed by atoms with Crippen molar-refractivity contribution in [3.63, 3.8) is 0 Å². The van der Waals surface area contributed by atoms with Gasteiger partial charge in [0.1, 0.15) is 5.76 Å². The Hall–Kier alpha value is -2.09. The second-order valence-corrected chi connectivity index (χ2v) is 8.98. The van der Waals surface area contributed by atoms with Crippen LogP contribution in [0.1, 0.15) is 58.8 Å². The van der Waals surface area contributed by atoms with Crippen molar-refractivity contribution >= 4 is 17.7 Å². The molecule has 1 amide bonds. The van der Waals surface area contributed by atoms with Gasteiger partial charge in [-0.2, -0.15) is 16.9 Å². The molecule has 3 aliphatic rings. The molecule has 1 fully saturated rings. The van der Waals surface area contributed by atoms with Crippen molar-refractivity contribution in [2.45, 2.75) is 63.3 Å². The van der Waals surface area contributed by atoms with E-state index < -0.39 is 0 Å². The molecule has 4 heterocycles. The molecular formula is C20H24N4O3S. The zero-order valence-electron chi connectivity index (χ0n) is 15.9. The van der Waals surface area contributed by atoms with Crippen LogP contribution in [-0.2, 0) is 31.6 Å². The van der Waals surface area contributed by atoms with Crippen molar-refractivity contribution in [1.82, 2.24) is 19.8 Å². The van der Waals surface area contributed by atoms with Gasteiger partial charge in [0.2, 0.25) is 0 Å². The van der Waals surface area contributed by atoms with Gasteiger partial charge in [-0.3, -0.25) is 9.59 Å². The fourth-order valence-electron chi connectivity index (χ4n) is 4.56. The molecule has 1 saturated heterocycles. The number of aromatic nitrogens is 3. The maximum Gasteiger partial charge on any atom is 0.276 e. The number of carbonyl (C=O) groups is 1. The molecule has 148 valence electrons. The minimum atomic E-state index is -0.0700. The molecule has 28 heavy (non-hydrogen) atoms. The normalized spacial score (nSPS) is 21.4. The van der Waals surface area contributed by atoms with Crippen molar-refractivity contribution in [3.05, 3.63) is 44.7 Å². The third-order valence-electron chi connectivity index (χ3n) is 6.08. The van der Waals surface area contributed by atoms with Crippen LogP contribution in [0.15, 0.2) is 15.4 Å². The molecule has 0 bridgehead atoms. The van der Waals surface area contributed by atoms with E-state index >= 15 is 0 Å². The second kappa shape index (κ2) is 7.39. The van der Waals surface area contributed by atoms with Crippen LogP contribution < -0.4 is 5.56 Å². The van der Waals surface area contributed by atoms with E-state index in [-0.39, 0.29) is 17.5 Å². The Bertz CT molecular complexity index is 967. The summed E-state index contributed by atoms with van der Waals surface area (Å²) in [6.07, 6.45) is 6.62. The smallest absolute Gasteiger partial charge is 0.276 e. The Labute approximate surface area is 167 Å². The molecule has 2 aromatic heterocycles. The second-order valence-electron chi connectivity index (χ2n) is 7.87. The Morgan fingerprint density at radius 1 is 1.25 bits per heavy atom. The van der Waals surface area contributed by atoms with Gasteiger partial charge in [0, 0.05) is 36.8 Å². The molecule has 8 heteroatoms. The van der Waals surface area contributed by atoms with Gasteiger partial charge in [-0.05, 0) is 43.4 Å². The van der Waals surface area contributed by atoms with Crippen molar-refractivity contribution in [3.8, 4) is 0 Å². The first kappa shape index (κ1) is 18.0. The zero-order valence-corrected chi connectivity index (χ0v) is 16.7. The maximum absolute atomic E-state index is 13.2. The van der Waals surface area contributed by atoms with Crippen LogP contribution in [0.3, 0.4) is 0 Å². The number of hydrogen-bond acceptors (Lipinski definition) is 6. The quantitative estimate of drug-likeness (QED) is 0.786. The Morgan fingerprint density at radius 2 is 2.14 bits per heavy atom. The van der Waals surface area contributed by atoms with Crippen LogP contribution in [0.4, 0.5) is 0 Å². The molecule has 0 saturated carbocycles. The van der Waals surface area contributed by atoms with Gasteiger partial charge in [0.05, 0.1) is 18.3 Å². The van der Waals surface area contributed by atoms with Crippen LogP contribution in [0, 0.1) is 0 Å². The van der Waals surface area contributed by atoms with E-state index in [1.807, 2.05) is 16.7 Å². The predicted molar refractivity (Wildman–Crippen MR) is 106 cm³/mol. The van der Waals surface area contributed by atoms with Gasteiger partial charge in [0.15, 0.2) is 5.69 Å². The number of rotatable bonds is 3. The number of nitrogens with zero attached hydrogens (tertiary/aromatic N) is 4. The summed E-state index contributed by atoms with van der Waals surface area (Å²) in [6, 6.07) is 1.70. The highest BCUT2D eigenvalue weighted by Gasteiger charge is 2.34. The standard InChI is InChI=1S/C20H24N4O3S/c25-18-10-13-12-28-9-7-16(13)21-24(18)11-14-4-3-8-23(14)20(26)19-15-5-1-2-6-17(15)27-22-19/h10,14H,1-9,11-12H2.